The highest BCUT2D eigenvalue weighted by molar-refractivity contribution is 7.92. The zero-order valence-corrected chi connectivity index (χ0v) is 23.5. The van der Waals surface area contributed by atoms with Crippen LogP contribution in [0.15, 0.2) is 42.5 Å². The van der Waals surface area contributed by atoms with Gasteiger partial charge in [-0.05, 0) is 49.6 Å². The molecular weight excluding hydrogens is 525 g/mol. The van der Waals surface area contributed by atoms with Crippen molar-refractivity contribution >= 4 is 50.7 Å². The van der Waals surface area contributed by atoms with Crippen LogP contribution in [0.3, 0.4) is 0 Å². The Balaban J connectivity index is 2.50. The van der Waals surface area contributed by atoms with Gasteiger partial charge in [0.05, 0.1) is 29.1 Å². The first kappa shape index (κ1) is 29.7. The Kier molecular flexibility index (Phi) is 10.9. The summed E-state index contributed by atoms with van der Waals surface area (Å²) < 4.78 is 31.8. The molecule has 0 aliphatic rings. The lowest BCUT2D eigenvalue weighted by Gasteiger charge is -2.33. The molecule has 0 aliphatic carbocycles. The van der Waals surface area contributed by atoms with Crippen LogP contribution in [-0.4, -0.2) is 57.1 Å². The lowest BCUT2D eigenvalue weighted by molar-refractivity contribution is -0.140. The predicted octanol–water partition coefficient (Wildman–Crippen LogP) is 4.49. The molecule has 0 spiro atoms. The number of nitrogens with one attached hydrogen (secondary N) is 1. The number of hydrogen-bond acceptors (Lipinski definition) is 5. The smallest absolute Gasteiger partial charge is 0.244 e. The minimum absolute atomic E-state index is 0.0334. The van der Waals surface area contributed by atoms with Crippen molar-refractivity contribution in [1.29, 1.82) is 0 Å². The largest absolute Gasteiger partial charge is 0.495 e. The number of hydrogen-bond donors (Lipinski definition) is 1. The van der Waals surface area contributed by atoms with E-state index in [0.29, 0.717) is 27.8 Å². The Morgan fingerprint density at radius 3 is 2.28 bits per heavy atom. The topological polar surface area (TPSA) is 96.0 Å². The molecule has 2 unspecified atom stereocenters. The molecular formula is C25H33Cl2N3O5S. The number of amides is 2. The number of carbonyl (C=O) groups is 2. The molecule has 11 heteroatoms. The number of sulfonamides is 1. The van der Waals surface area contributed by atoms with E-state index in [1.165, 1.54) is 12.0 Å². The number of methoxy groups -OCH3 is 1. The summed E-state index contributed by atoms with van der Waals surface area (Å²) in [6, 6.07) is 10.5. The summed E-state index contributed by atoms with van der Waals surface area (Å²) in [5, 5.41) is 3.59. The van der Waals surface area contributed by atoms with Crippen LogP contribution >= 0.6 is 23.2 Å². The summed E-state index contributed by atoms with van der Waals surface area (Å²) in [6.07, 6.45) is 2.06. The lowest BCUT2D eigenvalue weighted by Crippen LogP contribution is -2.53. The predicted molar refractivity (Wildman–Crippen MR) is 144 cm³/mol. The van der Waals surface area contributed by atoms with E-state index in [-0.39, 0.29) is 24.2 Å². The van der Waals surface area contributed by atoms with Gasteiger partial charge in [-0.1, -0.05) is 55.2 Å². The first-order chi connectivity index (χ1) is 16.9. The van der Waals surface area contributed by atoms with Crippen LogP contribution in [0.4, 0.5) is 5.69 Å². The lowest BCUT2D eigenvalue weighted by atomic mass is 10.1. The quantitative estimate of drug-likeness (QED) is 0.414. The molecule has 0 aromatic heterocycles. The number of anilines is 1. The van der Waals surface area contributed by atoms with Crippen molar-refractivity contribution in [3.05, 3.63) is 58.1 Å². The van der Waals surface area contributed by atoms with Crippen molar-refractivity contribution in [3.8, 4) is 5.75 Å². The fourth-order valence-electron chi connectivity index (χ4n) is 3.63. The van der Waals surface area contributed by atoms with Crippen molar-refractivity contribution < 1.29 is 22.7 Å². The molecule has 8 nitrogen and oxygen atoms in total. The summed E-state index contributed by atoms with van der Waals surface area (Å²) in [5.41, 5.74) is 0.873. The molecule has 0 fully saturated rings. The van der Waals surface area contributed by atoms with Crippen molar-refractivity contribution in [3.63, 3.8) is 0 Å². The van der Waals surface area contributed by atoms with E-state index in [0.717, 1.165) is 17.0 Å². The van der Waals surface area contributed by atoms with Gasteiger partial charge in [-0.2, -0.15) is 0 Å². The average molecular weight is 559 g/mol. The van der Waals surface area contributed by atoms with Crippen LogP contribution in [0.5, 0.6) is 5.75 Å². The molecule has 2 atom stereocenters. The second-order valence-electron chi connectivity index (χ2n) is 8.45. The van der Waals surface area contributed by atoms with Crippen molar-refractivity contribution in [2.24, 2.45) is 0 Å². The molecule has 198 valence electrons. The van der Waals surface area contributed by atoms with Gasteiger partial charge in [-0.15, -0.1) is 0 Å². The summed E-state index contributed by atoms with van der Waals surface area (Å²) in [7, 11) is -2.45. The maximum Gasteiger partial charge on any atom is 0.244 e. The Morgan fingerprint density at radius 1 is 1.06 bits per heavy atom. The van der Waals surface area contributed by atoms with Gasteiger partial charge in [0.15, 0.2) is 0 Å². The molecule has 2 amide bonds. The summed E-state index contributed by atoms with van der Waals surface area (Å²) in [5.74, 6) is -0.569. The zero-order chi connectivity index (χ0) is 27.0. The highest BCUT2D eigenvalue weighted by atomic mass is 35.5. The Labute approximate surface area is 223 Å². The fraction of sp³-hybridized carbons (Fsp3) is 0.440. The Hall–Kier alpha value is -2.49. The number of nitrogens with zero attached hydrogens (tertiary/aromatic N) is 2. The molecule has 0 heterocycles. The van der Waals surface area contributed by atoms with Gasteiger partial charge in [0.2, 0.25) is 21.8 Å². The minimum Gasteiger partial charge on any atom is -0.495 e. The second kappa shape index (κ2) is 13.2. The van der Waals surface area contributed by atoms with E-state index in [1.807, 2.05) is 13.8 Å². The van der Waals surface area contributed by atoms with Gasteiger partial charge in [0.1, 0.15) is 18.3 Å². The SMILES string of the molecule is CCC(C)NC(=O)C(CC)N(Cc1ccc(Cl)c(Cl)c1)C(=O)CN(c1ccccc1OC)S(C)(=O)=O. The summed E-state index contributed by atoms with van der Waals surface area (Å²) in [4.78, 5) is 28.3. The number of para-hydroxylation sites is 2. The van der Waals surface area contributed by atoms with E-state index in [1.54, 1.807) is 49.4 Å². The Bertz CT molecular complexity index is 1180. The van der Waals surface area contributed by atoms with Crippen molar-refractivity contribution in [2.75, 3.05) is 24.2 Å². The van der Waals surface area contributed by atoms with Gasteiger partial charge in [0.25, 0.3) is 0 Å². The van der Waals surface area contributed by atoms with Gasteiger partial charge in [-0.25, -0.2) is 8.42 Å². The normalized spacial score (nSPS) is 13.0. The van der Waals surface area contributed by atoms with E-state index in [9.17, 15) is 18.0 Å². The van der Waals surface area contributed by atoms with Crippen LogP contribution in [0.2, 0.25) is 10.0 Å². The van der Waals surface area contributed by atoms with Crippen LogP contribution in [-0.2, 0) is 26.2 Å². The van der Waals surface area contributed by atoms with Crippen LogP contribution in [0.1, 0.15) is 39.2 Å². The second-order valence-corrected chi connectivity index (χ2v) is 11.2. The molecule has 0 saturated heterocycles. The number of carbonyl (C=O) groups excluding carboxylic acids is 2. The molecule has 2 aromatic rings. The summed E-state index contributed by atoms with van der Waals surface area (Å²) in [6.45, 7) is 5.13. The van der Waals surface area contributed by atoms with Gasteiger partial charge in [-0.3, -0.25) is 13.9 Å². The van der Waals surface area contributed by atoms with E-state index < -0.39 is 28.5 Å². The standard InChI is InChI=1S/C25H33Cl2N3O5S/c1-6-17(3)28-25(32)21(7-2)29(15-18-12-13-19(26)20(27)14-18)24(31)16-30(36(5,33)34)22-10-8-9-11-23(22)35-4/h8-14,17,21H,6-7,15-16H2,1-5H3,(H,28,32). The molecule has 36 heavy (non-hydrogen) atoms. The van der Waals surface area contributed by atoms with Crippen LogP contribution in [0.25, 0.3) is 0 Å². The van der Waals surface area contributed by atoms with E-state index >= 15 is 0 Å². The number of benzene rings is 2. The third-order valence-corrected chi connectivity index (χ3v) is 7.62. The minimum atomic E-state index is -3.87. The van der Waals surface area contributed by atoms with Crippen molar-refractivity contribution in [1.82, 2.24) is 10.2 Å². The molecule has 2 rings (SSSR count). The maximum absolute atomic E-state index is 13.7. The van der Waals surface area contributed by atoms with Crippen LogP contribution in [0, 0.1) is 0 Å². The molecule has 2 aromatic carbocycles. The highest BCUT2D eigenvalue weighted by Crippen LogP contribution is 2.30. The van der Waals surface area contributed by atoms with Crippen LogP contribution < -0.4 is 14.4 Å². The molecule has 0 radical (unpaired) electrons. The highest BCUT2D eigenvalue weighted by Gasteiger charge is 2.33. The maximum atomic E-state index is 13.7. The van der Waals surface area contributed by atoms with E-state index in [4.69, 9.17) is 27.9 Å². The first-order valence-electron chi connectivity index (χ1n) is 11.6. The number of ether oxygens (including phenoxy) is 1. The molecule has 1 N–H and O–H groups in total. The van der Waals surface area contributed by atoms with Crippen molar-refractivity contribution in [2.45, 2.75) is 52.2 Å². The zero-order valence-electron chi connectivity index (χ0n) is 21.1. The number of rotatable bonds is 12. The van der Waals surface area contributed by atoms with E-state index in [2.05, 4.69) is 5.32 Å². The Morgan fingerprint density at radius 2 is 1.72 bits per heavy atom. The van der Waals surface area contributed by atoms with Gasteiger partial charge < -0.3 is 15.0 Å². The average Bonchev–Trinajstić information content (AvgIpc) is 2.83. The number of halogens is 2. The summed E-state index contributed by atoms with van der Waals surface area (Å²) >= 11 is 12.2. The molecule has 0 saturated carbocycles. The third kappa shape index (κ3) is 7.75. The van der Waals surface area contributed by atoms with Gasteiger partial charge >= 0.3 is 0 Å². The molecule has 0 bridgehead atoms. The first-order valence-corrected chi connectivity index (χ1v) is 14.2. The fourth-order valence-corrected chi connectivity index (χ4v) is 4.80. The van der Waals surface area contributed by atoms with Gasteiger partial charge in [0, 0.05) is 12.6 Å². The molecule has 0 aliphatic heterocycles. The third-order valence-electron chi connectivity index (χ3n) is 5.76. The monoisotopic (exact) mass is 557 g/mol.